The lowest BCUT2D eigenvalue weighted by Gasteiger charge is -2.13. The summed E-state index contributed by atoms with van der Waals surface area (Å²) in [5, 5.41) is 7.08. The Morgan fingerprint density at radius 2 is 1.70 bits per heavy atom. The number of alkyl halides is 3. The fourth-order valence-electron chi connectivity index (χ4n) is 2.92. The minimum atomic E-state index is -4.54. The lowest BCUT2D eigenvalue weighted by molar-refractivity contribution is -0.123. The van der Waals surface area contributed by atoms with Crippen molar-refractivity contribution >= 4 is 29.1 Å². The summed E-state index contributed by atoms with van der Waals surface area (Å²) in [5.41, 5.74) is 0.663. The van der Waals surface area contributed by atoms with Gasteiger partial charge >= 0.3 is 6.18 Å². The summed E-state index contributed by atoms with van der Waals surface area (Å²) in [6.07, 6.45) is -3.71. The highest BCUT2D eigenvalue weighted by Crippen LogP contribution is 2.38. The van der Waals surface area contributed by atoms with Crippen LogP contribution in [0.1, 0.15) is 34.1 Å². The average molecular weight is 419 g/mol. The molecule has 2 unspecified atom stereocenters. The molecule has 0 bridgehead atoms. The number of carbonyl (C=O) groups is 3. The molecule has 3 rings (SSSR count). The van der Waals surface area contributed by atoms with Gasteiger partial charge in [-0.05, 0) is 42.7 Å². The zero-order valence-electron chi connectivity index (χ0n) is 16.0. The van der Waals surface area contributed by atoms with Gasteiger partial charge in [0.05, 0.1) is 11.3 Å². The molecule has 1 aliphatic rings. The highest BCUT2D eigenvalue weighted by molar-refractivity contribution is 6.09. The van der Waals surface area contributed by atoms with E-state index in [-0.39, 0.29) is 28.6 Å². The van der Waals surface area contributed by atoms with E-state index in [4.69, 9.17) is 0 Å². The van der Waals surface area contributed by atoms with Gasteiger partial charge in [0.15, 0.2) is 0 Å². The summed E-state index contributed by atoms with van der Waals surface area (Å²) in [4.78, 5) is 36.8. The highest BCUT2D eigenvalue weighted by Gasteiger charge is 2.39. The minimum Gasteiger partial charge on any atom is -0.343 e. The standard InChI is InChI=1S/C21H20F3N3O3/c1-12-9-16(12)20(30)26-14-6-4-5-13(10-14)18(28)27-17-8-3-2-7-15(17)19(29)25-11-21(22,23)24/h2-8,10,12,16H,9,11H2,1H3,(H,25,29)(H,26,30)(H,27,28). The summed E-state index contributed by atoms with van der Waals surface area (Å²) in [7, 11) is 0. The molecule has 0 aromatic heterocycles. The highest BCUT2D eigenvalue weighted by atomic mass is 19.4. The first-order valence-corrected chi connectivity index (χ1v) is 9.30. The molecule has 2 aromatic carbocycles. The molecule has 0 heterocycles. The summed E-state index contributed by atoms with van der Waals surface area (Å²) in [5.74, 6) is -1.31. The Bertz CT molecular complexity index is 975. The quantitative estimate of drug-likeness (QED) is 0.665. The molecular weight excluding hydrogens is 399 g/mol. The fraction of sp³-hybridized carbons (Fsp3) is 0.286. The van der Waals surface area contributed by atoms with Crippen molar-refractivity contribution in [1.29, 1.82) is 0 Å². The van der Waals surface area contributed by atoms with Crippen LogP contribution in [0.3, 0.4) is 0 Å². The van der Waals surface area contributed by atoms with Crippen molar-refractivity contribution in [2.45, 2.75) is 19.5 Å². The first-order chi connectivity index (χ1) is 14.1. The van der Waals surface area contributed by atoms with Crippen LogP contribution in [0.4, 0.5) is 24.5 Å². The van der Waals surface area contributed by atoms with Crippen molar-refractivity contribution in [3.05, 3.63) is 59.7 Å². The first-order valence-electron chi connectivity index (χ1n) is 9.30. The van der Waals surface area contributed by atoms with Crippen molar-refractivity contribution in [2.75, 3.05) is 17.2 Å². The molecule has 1 saturated carbocycles. The number of anilines is 2. The van der Waals surface area contributed by atoms with E-state index >= 15 is 0 Å². The molecule has 3 amide bonds. The largest absolute Gasteiger partial charge is 0.405 e. The van der Waals surface area contributed by atoms with Gasteiger partial charge in [-0.3, -0.25) is 14.4 Å². The number of benzene rings is 2. The van der Waals surface area contributed by atoms with E-state index in [9.17, 15) is 27.6 Å². The molecule has 1 aliphatic carbocycles. The van der Waals surface area contributed by atoms with E-state index in [1.165, 1.54) is 30.3 Å². The number of nitrogens with one attached hydrogen (secondary N) is 3. The van der Waals surface area contributed by atoms with Gasteiger partial charge in [0.25, 0.3) is 11.8 Å². The maximum atomic E-state index is 12.6. The van der Waals surface area contributed by atoms with Crippen molar-refractivity contribution in [3.63, 3.8) is 0 Å². The number of hydrogen-bond donors (Lipinski definition) is 3. The zero-order chi connectivity index (χ0) is 21.9. The van der Waals surface area contributed by atoms with Crippen LogP contribution in [0, 0.1) is 11.8 Å². The van der Waals surface area contributed by atoms with Gasteiger partial charge in [-0.15, -0.1) is 0 Å². The van der Waals surface area contributed by atoms with E-state index in [0.717, 1.165) is 6.42 Å². The lowest BCUT2D eigenvalue weighted by atomic mass is 10.1. The SMILES string of the molecule is CC1CC1C(=O)Nc1cccc(C(=O)Nc2ccccc2C(=O)NCC(F)(F)F)c1. The van der Waals surface area contributed by atoms with Crippen LogP contribution in [0.15, 0.2) is 48.5 Å². The summed E-state index contributed by atoms with van der Waals surface area (Å²) in [6, 6.07) is 12.0. The van der Waals surface area contributed by atoms with Crippen LogP contribution in [-0.4, -0.2) is 30.4 Å². The van der Waals surface area contributed by atoms with Crippen LogP contribution in [0.2, 0.25) is 0 Å². The Morgan fingerprint density at radius 3 is 2.37 bits per heavy atom. The van der Waals surface area contributed by atoms with E-state index < -0.39 is 24.5 Å². The molecule has 3 N–H and O–H groups in total. The Labute approximate surface area is 170 Å². The van der Waals surface area contributed by atoms with Crippen LogP contribution >= 0.6 is 0 Å². The van der Waals surface area contributed by atoms with E-state index in [2.05, 4.69) is 10.6 Å². The average Bonchev–Trinajstić information content (AvgIpc) is 3.43. The van der Waals surface area contributed by atoms with Crippen molar-refractivity contribution < 1.29 is 27.6 Å². The van der Waals surface area contributed by atoms with E-state index in [0.29, 0.717) is 11.6 Å². The maximum Gasteiger partial charge on any atom is 0.405 e. The molecule has 1 fully saturated rings. The Hall–Kier alpha value is -3.36. The normalized spacial score (nSPS) is 17.7. The van der Waals surface area contributed by atoms with Crippen LogP contribution in [0.5, 0.6) is 0 Å². The Kier molecular flexibility index (Phi) is 6.09. The fourth-order valence-corrected chi connectivity index (χ4v) is 2.92. The lowest BCUT2D eigenvalue weighted by Crippen LogP contribution is -2.34. The Balaban J connectivity index is 1.70. The number of halogens is 3. The third-order valence-electron chi connectivity index (χ3n) is 4.71. The summed E-state index contributed by atoms with van der Waals surface area (Å²) < 4.78 is 37.1. The van der Waals surface area contributed by atoms with Gasteiger partial charge in [-0.2, -0.15) is 13.2 Å². The van der Waals surface area contributed by atoms with Crippen molar-refractivity contribution in [3.8, 4) is 0 Å². The van der Waals surface area contributed by atoms with E-state index in [1.54, 1.807) is 23.5 Å². The molecule has 0 radical (unpaired) electrons. The third kappa shape index (κ3) is 5.59. The van der Waals surface area contributed by atoms with E-state index in [1.807, 2.05) is 6.92 Å². The van der Waals surface area contributed by atoms with Crippen molar-refractivity contribution in [2.24, 2.45) is 11.8 Å². The third-order valence-corrected chi connectivity index (χ3v) is 4.71. The zero-order valence-corrected chi connectivity index (χ0v) is 16.0. The molecule has 9 heteroatoms. The molecule has 0 saturated heterocycles. The van der Waals surface area contributed by atoms with Crippen LogP contribution in [-0.2, 0) is 4.79 Å². The van der Waals surface area contributed by atoms with Crippen molar-refractivity contribution in [1.82, 2.24) is 5.32 Å². The van der Waals surface area contributed by atoms with Gasteiger partial charge in [0.2, 0.25) is 5.91 Å². The number of amides is 3. The second kappa shape index (κ2) is 8.56. The Morgan fingerprint density at radius 1 is 1.00 bits per heavy atom. The monoisotopic (exact) mass is 419 g/mol. The molecular formula is C21H20F3N3O3. The number of rotatable bonds is 6. The molecule has 0 spiro atoms. The predicted octanol–water partition coefficient (Wildman–Crippen LogP) is 3.83. The molecule has 6 nitrogen and oxygen atoms in total. The number of carbonyl (C=O) groups excluding carboxylic acids is 3. The van der Waals surface area contributed by atoms with Gasteiger partial charge in [-0.1, -0.05) is 25.1 Å². The smallest absolute Gasteiger partial charge is 0.343 e. The molecule has 158 valence electrons. The summed E-state index contributed by atoms with van der Waals surface area (Å²) >= 11 is 0. The van der Waals surface area contributed by atoms with Gasteiger partial charge in [-0.25, -0.2) is 0 Å². The van der Waals surface area contributed by atoms with Gasteiger partial charge < -0.3 is 16.0 Å². The minimum absolute atomic E-state index is 0.0235. The maximum absolute atomic E-state index is 12.6. The number of hydrogen-bond acceptors (Lipinski definition) is 3. The number of para-hydroxylation sites is 1. The second-order valence-corrected chi connectivity index (χ2v) is 7.19. The van der Waals surface area contributed by atoms with Crippen LogP contribution < -0.4 is 16.0 Å². The van der Waals surface area contributed by atoms with Crippen LogP contribution in [0.25, 0.3) is 0 Å². The molecule has 0 aliphatic heterocycles. The summed E-state index contributed by atoms with van der Waals surface area (Å²) in [6.45, 7) is 0.506. The van der Waals surface area contributed by atoms with Gasteiger partial charge in [0.1, 0.15) is 6.54 Å². The van der Waals surface area contributed by atoms with Gasteiger partial charge in [0, 0.05) is 17.2 Å². The molecule has 30 heavy (non-hydrogen) atoms. The molecule has 2 aromatic rings. The topological polar surface area (TPSA) is 87.3 Å². The first kappa shape index (κ1) is 21.4. The predicted molar refractivity (Wildman–Crippen MR) is 105 cm³/mol. The second-order valence-electron chi connectivity index (χ2n) is 7.19. The molecule has 2 atom stereocenters.